The van der Waals surface area contributed by atoms with Crippen molar-refractivity contribution in [2.75, 3.05) is 6.54 Å². The number of hydrogen-bond donors (Lipinski definition) is 2. The largest absolute Gasteiger partial charge is 0.362 e. The van der Waals surface area contributed by atoms with Crippen LogP contribution in [0.25, 0.3) is 0 Å². The molecule has 0 saturated heterocycles. The molecular weight excluding hydrogens is 228 g/mol. The number of thiocarbonyl (C=S) groups is 1. The van der Waals surface area contributed by atoms with E-state index in [0.717, 1.165) is 18.1 Å². The first kappa shape index (κ1) is 14.0. The summed E-state index contributed by atoms with van der Waals surface area (Å²) in [6.45, 7) is 7.41. The lowest BCUT2D eigenvalue weighted by Gasteiger charge is -2.17. The van der Waals surface area contributed by atoms with Gasteiger partial charge in [-0.05, 0) is 37.0 Å². The average Bonchev–Trinajstić information content (AvgIpc) is 2.27. The molecule has 1 aromatic carbocycles. The Morgan fingerprint density at radius 2 is 1.82 bits per heavy atom. The molecule has 0 amide bonds. The van der Waals surface area contributed by atoms with Crippen molar-refractivity contribution in [1.29, 1.82) is 0 Å². The van der Waals surface area contributed by atoms with Crippen LogP contribution in [0.4, 0.5) is 0 Å². The third-order valence-electron chi connectivity index (χ3n) is 2.43. The van der Waals surface area contributed by atoms with Crippen LogP contribution in [-0.2, 0) is 6.42 Å². The van der Waals surface area contributed by atoms with E-state index < -0.39 is 0 Å². The van der Waals surface area contributed by atoms with Gasteiger partial charge in [0.15, 0.2) is 5.11 Å². The summed E-state index contributed by atoms with van der Waals surface area (Å²) in [6, 6.07) is 10.8. The molecule has 0 aliphatic heterocycles. The Kier molecular flexibility index (Phi) is 5.98. The lowest BCUT2D eigenvalue weighted by Crippen LogP contribution is -2.42. The minimum absolute atomic E-state index is 0.351. The first-order valence-corrected chi connectivity index (χ1v) is 6.57. The summed E-state index contributed by atoms with van der Waals surface area (Å²) in [7, 11) is 0. The highest BCUT2D eigenvalue weighted by molar-refractivity contribution is 7.80. The molecule has 0 fully saturated rings. The number of benzene rings is 1. The van der Waals surface area contributed by atoms with Crippen LogP contribution in [-0.4, -0.2) is 17.7 Å². The normalized spacial score (nSPS) is 12.2. The fourth-order valence-electron chi connectivity index (χ4n) is 1.59. The fraction of sp³-hybridized carbons (Fsp3) is 0.500. The molecule has 0 aliphatic rings. The molecule has 1 rings (SSSR count). The van der Waals surface area contributed by atoms with Crippen LogP contribution < -0.4 is 10.6 Å². The minimum Gasteiger partial charge on any atom is -0.362 e. The van der Waals surface area contributed by atoms with Crippen molar-refractivity contribution in [3.05, 3.63) is 35.9 Å². The SMILES string of the molecule is CC(C)CNC(=S)NC(C)Cc1ccccc1. The Hall–Kier alpha value is -1.09. The molecule has 3 heteroatoms. The predicted molar refractivity (Wildman–Crippen MR) is 78.2 cm³/mol. The number of rotatable bonds is 5. The second-order valence-corrected chi connectivity index (χ2v) is 5.25. The molecule has 0 saturated carbocycles. The molecule has 2 nitrogen and oxygen atoms in total. The van der Waals surface area contributed by atoms with Crippen LogP contribution >= 0.6 is 12.2 Å². The summed E-state index contributed by atoms with van der Waals surface area (Å²) in [5, 5.41) is 7.28. The van der Waals surface area contributed by atoms with Gasteiger partial charge in [-0.25, -0.2) is 0 Å². The highest BCUT2D eigenvalue weighted by atomic mass is 32.1. The highest BCUT2D eigenvalue weighted by Gasteiger charge is 2.05. The van der Waals surface area contributed by atoms with E-state index >= 15 is 0 Å². The van der Waals surface area contributed by atoms with Gasteiger partial charge in [0.25, 0.3) is 0 Å². The first-order chi connectivity index (χ1) is 8.08. The predicted octanol–water partition coefficient (Wildman–Crippen LogP) is 2.74. The molecule has 2 N–H and O–H groups in total. The van der Waals surface area contributed by atoms with Gasteiger partial charge in [-0.3, -0.25) is 0 Å². The van der Waals surface area contributed by atoms with Gasteiger partial charge < -0.3 is 10.6 Å². The summed E-state index contributed by atoms with van der Waals surface area (Å²) in [5.74, 6) is 0.610. The number of nitrogens with one attached hydrogen (secondary N) is 2. The molecule has 1 aromatic rings. The van der Waals surface area contributed by atoms with E-state index in [2.05, 4.69) is 55.7 Å². The molecule has 0 spiro atoms. The zero-order valence-corrected chi connectivity index (χ0v) is 11.7. The van der Waals surface area contributed by atoms with Gasteiger partial charge in [0.05, 0.1) is 0 Å². The molecule has 0 bridgehead atoms. The third kappa shape index (κ3) is 6.27. The van der Waals surface area contributed by atoms with Crippen molar-refractivity contribution < 1.29 is 0 Å². The van der Waals surface area contributed by atoms with Crippen LogP contribution in [0.1, 0.15) is 26.3 Å². The molecule has 1 unspecified atom stereocenters. The van der Waals surface area contributed by atoms with Crippen LogP contribution in [0.2, 0.25) is 0 Å². The summed E-state index contributed by atoms with van der Waals surface area (Å²) in [4.78, 5) is 0. The molecular formula is C14H22N2S. The molecule has 94 valence electrons. The van der Waals surface area contributed by atoms with Gasteiger partial charge in [0.2, 0.25) is 0 Å². The summed E-state index contributed by atoms with van der Waals surface area (Å²) in [6.07, 6.45) is 0.990. The van der Waals surface area contributed by atoms with Crippen molar-refractivity contribution in [2.45, 2.75) is 33.2 Å². The summed E-state index contributed by atoms with van der Waals surface area (Å²) in [5.41, 5.74) is 1.33. The van der Waals surface area contributed by atoms with Gasteiger partial charge in [-0.15, -0.1) is 0 Å². The van der Waals surface area contributed by atoms with E-state index in [9.17, 15) is 0 Å². The monoisotopic (exact) mass is 250 g/mol. The van der Waals surface area contributed by atoms with E-state index in [0.29, 0.717) is 12.0 Å². The molecule has 0 radical (unpaired) electrons. The fourth-order valence-corrected chi connectivity index (χ4v) is 1.87. The Balaban J connectivity index is 2.29. The Morgan fingerprint density at radius 1 is 1.18 bits per heavy atom. The summed E-state index contributed by atoms with van der Waals surface area (Å²) >= 11 is 5.24. The maximum Gasteiger partial charge on any atom is 0.166 e. The van der Waals surface area contributed by atoms with Crippen LogP contribution in [0.5, 0.6) is 0 Å². The van der Waals surface area contributed by atoms with Crippen molar-refractivity contribution in [3.8, 4) is 0 Å². The standard InChI is InChI=1S/C14H22N2S/c1-11(2)10-15-14(17)16-12(3)9-13-7-5-4-6-8-13/h4-8,11-12H,9-10H2,1-3H3,(H2,15,16,17). The molecule has 1 atom stereocenters. The highest BCUT2D eigenvalue weighted by Crippen LogP contribution is 2.02. The molecule has 17 heavy (non-hydrogen) atoms. The van der Waals surface area contributed by atoms with Crippen molar-refractivity contribution in [3.63, 3.8) is 0 Å². The van der Waals surface area contributed by atoms with Crippen molar-refractivity contribution >= 4 is 17.3 Å². The Bertz CT molecular complexity index is 335. The van der Waals surface area contributed by atoms with Gasteiger partial charge >= 0.3 is 0 Å². The second kappa shape index (κ2) is 7.28. The Labute approximate surface area is 110 Å². The van der Waals surface area contributed by atoms with Crippen LogP contribution in [0, 0.1) is 5.92 Å². The van der Waals surface area contributed by atoms with E-state index in [1.165, 1.54) is 5.56 Å². The number of hydrogen-bond acceptors (Lipinski definition) is 1. The second-order valence-electron chi connectivity index (χ2n) is 4.84. The quantitative estimate of drug-likeness (QED) is 0.786. The molecule has 0 heterocycles. The molecule has 0 aromatic heterocycles. The lowest BCUT2D eigenvalue weighted by atomic mass is 10.1. The zero-order chi connectivity index (χ0) is 12.7. The zero-order valence-electron chi connectivity index (χ0n) is 10.9. The van der Waals surface area contributed by atoms with Crippen LogP contribution in [0.3, 0.4) is 0 Å². The Morgan fingerprint density at radius 3 is 2.41 bits per heavy atom. The maximum absolute atomic E-state index is 5.24. The van der Waals surface area contributed by atoms with Gasteiger partial charge in [0, 0.05) is 12.6 Å². The lowest BCUT2D eigenvalue weighted by molar-refractivity contribution is 0.600. The van der Waals surface area contributed by atoms with E-state index in [-0.39, 0.29) is 0 Å². The van der Waals surface area contributed by atoms with E-state index in [1.807, 2.05) is 6.07 Å². The third-order valence-corrected chi connectivity index (χ3v) is 2.70. The smallest absolute Gasteiger partial charge is 0.166 e. The van der Waals surface area contributed by atoms with E-state index in [4.69, 9.17) is 12.2 Å². The average molecular weight is 250 g/mol. The first-order valence-electron chi connectivity index (χ1n) is 6.16. The van der Waals surface area contributed by atoms with Gasteiger partial charge in [-0.2, -0.15) is 0 Å². The van der Waals surface area contributed by atoms with E-state index in [1.54, 1.807) is 0 Å². The van der Waals surface area contributed by atoms with Gasteiger partial charge in [0.1, 0.15) is 0 Å². The van der Waals surface area contributed by atoms with Crippen molar-refractivity contribution in [1.82, 2.24) is 10.6 Å². The summed E-state index contributed by atoms with van der Waals surface area (Å²) < 4.78 is 0. The van der Waals surface area contributed by atoms with Gasteiger partial charge in [-0.1, -0.05) is 44.2 Å². The van der Waals surface area contributed by atoms with Crippen LogP contribution in [0.15, 0.2) is 30.3 Å². The van der Waals surface area contributed by atoms with Crippen molar-refractivity contribution in [2.24, 2.45) is 5.92 Å². The maximum atomic E-state index is 5.24. The minimum atomic E-state index is 0.351. The topological polar surface area (TPSA) is 24.1 Å². The molecule has 0 aliphatic carbocycles.